The first-order valence-corrected chi connectivity index (χ1v) is 12.6. The van der Waals surface area contributed by atoms with Gasteiger partial charge in [-0.25, -0.2) is 19.3 Å². The van der Waals surface area contributed by atoms with E-state index in [-0.39, 0.29) is 0 Å². The summed E-state index contributed by atoms with van der Waals surface area (Å²) in [5.41, 5.74) is 2.62. The van der Waals surface area contributed by atoms with Gasteiger partial charge in [-0.3, -0.25) is 5.10 Å². The molecule has 5 aromatic heterocycles. The molecule has 0 aliphatic heterocycles. The van der Waals surface area contributed by atoms with Gasteiger partial charge in [0.2, 0.25) is 0 Å². The summed E-state index contributed by atoms with van der Waals surface area (Å²) in [6, 6.07) is 10.9. The smallest absolute Gasteiger partial charge is 0.181 e. The molecule has 1 N–H and O–H groups in total. The maximum absolute atomic E-state index is 14.0. The second-order valence-electron chi connectivity index (χ2n) is 10.2. The van der Waals surface area contributed by atoms with E-state index in [0.29, 0.717) is 57.4 Å². The van der Waals surface area contributed by atoms with Crippen LogP contribution >= 0.6 is 0 Å². The minimum Gasteiger partial charge on any atom is -0.461 e. The monoisotopic (exact) mass is 483 g/mol. The zero-order valence-electron chi connectivity index (χ0n) is 19.9. The van der Waals surface area contributed by atoms with Crippen molar-refractivity contribution in [1.82, 2.24) is 25.1 Å². The first-order valence-electron chi connectivity index (χ1n) is 12.6. The van der Waals surface area contributed by atoms with Gasteiger partial charge in [-0.05, 0) is 92.2 Å². The Kier molecular flexibility index (Phi) is 5.01. The minimum atomic E-state index is -0.428. The maximum Gasteiger partial charge on any atom is 0.181 e. The van der Waals surface area contributed by atoms with Crippen LogP contribution in [-0.4, -0.2) is 25.1 Å². The number of pyridine rings is 1. The van der Waals surface area contributed by atoms with E-state index in [0.717, 1.165) is 30.1 Å². The Labute approximate surface area is 207 Å². The summed E-state index contributed by atoms with van der Waals surface area (Å²) in [6.45, 7) is 2.41. The first kappa shape index (κ1) is 21.5. The van der Waals surface area contributed by atoms with Gasteiger partial charge in [0, 0.05) is 5.69 Å². The van der Waals surface area contributed by atoms with Crippen molar-refractivity contribution in [3.05, 3.63) is 60.4 Å². The number of nitrogens with one attached hydrogen (secondary N) is 1. The molecule has 5 aromatic rings. The number of fused-ring (bicyclic) bond motifs is 4. The van der Waals surface area contributed by atoms with Crippen molar-refractivity contribution >= 4 is 11.0 Å². The van der Waals surface area contributed by atoms with Crippen molar-refractivity contribution in [3.8, 4) is 34.5 Å². The molecule has 0 amide bonds. The van der Waals surface area contributed by atoms with Crippen LogP contribution in [0.2, 0.25) is 0 Å². The Balaban J connectivity index is 1.33. The molecule has 8 heteroatoms. The van der Waals surface area contributed by atoms with Crippen LogP contribution in [0.3, 0.4) is 0 Å². The van der Waals surface area contributed by atoms with Crippen LogP contribution in [-0.2, 0) is 6.42 Å². The van der Waals surface area contributed by atoms with Crippen molar-refractivity contribution in [2.75, 3.05) is 0 Å². The highest BCUT2D eigenvalue weighted by molar-refractivity contribution is 5.88. The summed E-state index contributed by atoms with van der Waals surface area (Å²) in [5, 5.41) is 7.78. The second-order valence-corrected chi connectivity index (χ2v) is 10.2. The molecule has 3 aliphatic carbocycles. The summed E-state index contributed by atoms with van der Waals surface area (Å²) in [4.78, 5) is 13.9. The Morgan fingerprint density at radius 2 is 1.83 bits per heavy atom. The third-order valence-electron chi connectivity index (χ3n) is 8.29. The average Bonchev–Trinajstić information content (AvgIpc) is 3.67. The van der Waals surface area contributed by atoms with Gasteiger partial charge in [0.25, 0.3) is 0 Å². The molecular weight excluding hydrogens is 457 g/mol. The van der Waals surface area contributed by atoms with Gasteiger partial charge in [-0.2, -0.15) is 5.10 Å². The minimum absolute atomic E-state index is 0.428. The van der Waals surface area contributed by atoms with Crippen molar-refractivity contribution in [2.24, 2.45) is 23.7 Å². The molecule has 0 saturated heterocycles. The molecule has 0 aromatic carbocycles. The van der Waals surface area contributed by atoms with E-state index in [2.05, 4.69) is 22.1 Å². The van der Waals surface area contributed by atoms with Gasteiger partial charge in [0.1, 0.15) is 17.2 Å². The number of H-pyrrole nitrogens is 1. The zero-order valence-corrected chi connectivity index (χ0v) is 19.9. The van der Waals surface area contributed by atoms with Crippen LogP contribution in [0.4, 0.5) is 4.39 Å². The van der Waals surface area contributed by atoms with Gasteiger partial charge < -0.3 is 8.83 Å². The third-order valence-corrected chi connectivity index (χ3v) is 8.29. The number of rotatable bonds is 5. The van der Waals surface area contributed by atoms with Crippen LogP contribution in [0.25, 0.3) is 45.5 Å². The summed E-state index contributed by atoms with van der Waals surface area (Å²) >= 11 is 0. The lowest BCUT2D eigenvalue weighted by atomic mass is 9.58. The highest BCUT2D eigenvalue weighted by Gasteiger charge is 2.41. The number of halogens is 1. The second kappa shape index (κ2) is 8.40. The summed E-state index contributed by atoms with van der Waals surface area (Å²) in [6.07, 6.45) is 8.99. The zero-order chi connectivity index (χ0) is 24.2. The molecule has 7 nitrogen and oxygen atoms in total. The van der Waals surface area contributed by atoms with E-state index >= 15 is 0 Å². The number of furan rings is 2. The van der Waals surface area contributed by atoms with E-state index in [9.17, 15) is 4.39 Å². The lowest BCUT2D eigenvalue weighted by Gasteiger charge is -2.47. The summed E-state index contributed by atoms with van der Waals surface area (Å²) in [7, 11) is 0. The van der Waals surface area contributed by atoms with Crippen LogP contribution in [0.1, 0.15) is 38.3 Å². The van der Waals surface area contributed by atoms with Gasteiger partial charge in [0.15, 0.2) is 28.8 Å². The van der Waals surface area contributed by atoms with Crippen molar-refractivity contribution in [1.29, 1.82) is 0 Å². The molecular formula is C28H26FN5O2. The van der Waals surface area contributed by atoms with Gasteiger partial charge in [0.05, 0.1) is 17.8 Å². The molecule has 8 rings (SSSR count). The average molecular weight is 484 g/mol. The van der Waals surface area contributed by atoms with Crippen LogP contribution in [0, 0.1) is 29.5 Å². The van der Waals surface area contributed by atoms with E-state index in [1.165, 1.54) is 31.7 Å². The molecule has 3 saturated carbocycles. The van der Waals surface area contributed by atoms with Crippen molar-refractivity contribution < 1.29 is 13.2 Å². The van der Waals surface area contributed by atoms with E-state index in [4.69, 9.17) is 18.8 Å². The fraction of sp³-hybridized carbons (Fsp3) is 0.357. The quantitative estimate of drug-likeness (QED) is 0.299. The van der Waals surface area contributed by atoms with Crippen molar-refractivity contribution in [2.45, 2.75) is 39.0 Å². The Bertz CT molecular complexity index is 1530. The third kappa shape index (κ3) is 3.63. The molecule has 2 atom stereocenters. The number of nitrogens with zero attached hydrogens (tertiary/aromatic N) is 4. The molecule has 5 heterocycles. The Hall–Kier alpha value is -3.81. The van der Waals surface area contributed by atoms with Crippen LogP contribution in [0.5, 0.6) is 0 Å². The Morgan fingerprint density at radius 1 is 1.00 bits per heavy atom. The molecule has 3 fully saturated rings. The molecule has 0 radical (unpaired) electrons. The molecule has 2 unspecified atom stereocenters. The lowest BCUT2D eigenvalue weighted by Crippen LogP contribution is -2.39. The fourth-order valence-corrected chi connectivity index (χ4v) is 6.38. The highest BCUT2D eigenvalue weighted by Crippen LogP contribution is 2.49. The fourth-order valence-electron chi connectivity index (χ4n) is 6.38. The van der Waals surface area contributed by atoms with E-state index < -0.39 is 5.82 Å². The molecule has 3 aliphatic rings. The van der Waals surface area contributed by atoms with E-state index in [1.54, 1.807) is 6.26 Å². The normalized spacial score (nSPS) is 23.5. The lowest BCUT2D eigenvalue weighted by molar-refractivity contribution is 0.0339. The number of aromatic nitrogens is 5. The molecule has 182 valence electrons. The maximum atomic E-state index is 14.0. The van der Waals surface area contributed by atoms with Gasteiger partial charge in [-0.1, -0.05) is 6.92 Å². The molecule has 36 heavy (non-hydrogen) atoms. The first-order chi connectivity index (χ1) is 17.6. The van der Waals surface area contributed by atoms with Gasteiger partial charge in [-0.15, -0.1) is 0 Å². The van der Waals surface area contributed by atoms with E-state index in [1.807, 2.05) is 30.3 Å². The summed E-state index contributed by atoms with van der Waals surface area (Å²) in [5.74, 6) is 4.78. The molecule has 2 bridgehead atoms. The molecule has 0 spiro atoms. The highest BCUT2D eigenvalue weighted by atomic mass is 19.1. The predicted molar refractivity (Wildman–Crippen MR) is 132 cm³/mol. The number of hydrogen-bond donors (Lipinski definition) is 1. The largest absolute Gasteiger partial charge is 0.461 e. The predicted octanol–water partition coefficient (Wildman–Crippen LogP) is 6.69. The number of aromatic amines is 1. The number of hydrogen-bond acceptors (Lipinski definition) is 6. The SMILES string of the molecule is CC1C2CCC(CC2)C1Cc1cc(-c2ccc(-c3ccco3)o2)nc(-c2[nH]nc3ncc(F)cc23)n1. The van der Waals surface area contributed by atoms with Crippen LogP contribution in [0.15, 0.2) is 57.7 Å². The van der Waals surface area contributed by atoms with Gasteiger partial charge >= 0.3 is 0 Å². The Morgan fingerprint density at radius 3 is 2.64 bits per heavy atom. The topological polar surface area (TPSA) is 93.6 Å². The van der Waals surface area contributed by atoms with Crippen molar-refractivity contribution in [3.63, 3.8) is 0 Å². The van der Waals surface area contributed by atoms with Crippen LogP contribution < -0.4 is 0 Å². The summed E-state index contributed by atoms with van der Waals surface area (Å²) < 4.78 is 25.7. The standard InChI is InChI=1S/C28H26FN5O2/c1-15-16-4-6-17(7-5-16)20(15)12-19-13-22(23-8-9-25(36-23)24-3-2-10-35-24)32-28(31-19)26-21-11-18(29)14-30-27(21)34-33-26/h2-3,8-11,13-17,20H,4-7,12H2,1H3,(H,30,33,34).